The molecule has 0 radical (unpaired) electrons. The SMILES string of the molecule is CCc1nn(C)c2c1[nH]c(=S)n2C(CC)C1CCCCC1. The molecule has 21 heavy (non-hydrogen) atoms. The number of aryl methyl sites for hydroxylation is 2. The Hall–Kier alpha value is -1.10. The summed E-state index contributed by atoms with van der Waals surface area (Å²) in [7, 11) is 2.04. The number of hydrogen-bond donors (Lipinski definition) is 1. The van der Waals surface area contributed by atoms with Gasteiger partial charge in [0.2, 0.25) is 0 Å². The molecule has 0 aliphatic heterocycles. The van der Waals surface area contributed by atoms with Crippen LogP contribution in [0, 0.1) is 10.7 Å². The van der Waals surface area contributed by atoms with Crippen molar-refractivity contribution in [3.05, 3.63) is 10.5 Å². The van der Waals surface area contributed by atoms with Crippen LogP contribution in [0.2, 0.25) is 0 Å². The van der Waals surface area contributed by atoms with Crippen LogP contribution in [0.15, 0.2) is 0 Å². The van der Waals surface area contributed by atoms with Crippen LogP contribution in [0.4, 0.5) is 0 Å². The average molecular weight is 306 g/mol. The highest BCUT2D eigenvalue weighted by molar-refractivity contribution is 7.71. The summed E-state index contributed by atoms with van der Waals surface area (Å²) in [6.07, 6.45) is 8.89. The van der Waals surface area contributed by atoms with Crippen LogP contribution in [0.3, 0.4) is 0 Å². The van der Waals surface area contributed by atoms with Gasteiger partial charge < -0.3 is 4.98 Å². The number of nitrogens with one attached hydrogen (secondary N) is 1. The lowest BCUT2D eigenvalue weighted by Gasteiger charge is -2.30. The van der Waals surface area contributed by atoms with Crippen LogP contribution in [0.5, 0.6) is 0 Å². The van der Waals surface area contributed by atoms with Gasteiger partial charge in [0.1, 0.15) is 5.52 Å². The molecule has 0 bridgehead atoms. The number of fused-ring (bicyclic) bond motifs is 1. The van der Waals surface area contributed by atoms with Crippen molar-refractivity contribution in [2.24, 2.45) is 13.0 Å². The van der Waals surface area contributed by atoms with Gasteiger partial charge in [-0.2, -0.15) is 5.10 Å². The lowest BCUT2D eigenvalue weighted by atomic mass is 9.83. The lowest BCUT2D eigenvalue weighted by molar-refractivity contribution is 0.244. The number of hydrogen-bond acceptors (Lipinski definition) is 2. The van der Waals surface area contributed by atoms with E-state index in [2.05, 4.69) is 28.5 Å². The fourth-order valence-electron chi connectivity index (χ4n) is 4.04. The van der Waals surface area contributed by atoms with Gasteiger partial charge in [0.15, 0.2) is 10.4 Å². The minimum atomic E-state index is 0.506. The minimum Gasteiger partial charge on any atom is -0.328 e. The molecule has 0 saturated heterocycles. The van der Waals surface area contributed by atoms with Crippen LogP contribution in [0.1, 0.15) is 64.1 Å². The standard InChI is InChI=1S/C16H26N4S/c1-4-12-14-15(19(3)18-12)20(16(21)17-14)13(5-2)11-9-7-6-8-10-11/h11,13H,4-10H2,1-3H3,(H,17,21). The van der Waals surface area contributed by atoms with Crippen LogP contribution in [0.25, 0.3) is 11.2 Å². The number of aromatic nitrogens is 4. The first kappa shape index (κ1) is 14.8. The summed E-state index contributed by atoms with van der Waals surface area (Å²) in [6, 6.07) is 0.506. The molecular formula is C16H26N4S. The Morgan fingerprint density at radius 2 is 2.00 bits per heavy atom. The molecule has 1 fully saturated rings. The van der Waals surface area contributed by atoms with E-state index in [9.17, 15) is 0 Å². The second-order valence-corrected chi connectivity index (χ2v) is 6.68. The van der Waals surface area contributed by atoms with Crippen molar-refractivity contribution < 1.29 is 0 Å². The molecule has 2 aromatic rings. The number of H-pyrrole nitrogens is 1. The minimum absolute atomic E-state index is 0.506. The van der Waals surface area contributed by atoms with Crippen molar-refractivity contribution in [2.45, 2.75) is 64.8 Å². The van der Waals surface area contributed by atoms with Gasteiger partial charge in [-0.05, 0) is 43.8 Å². The van der Waals surface area contributed by atoms with E-state index in [-0.39, 0.29) is 0 Å². The summed E-state index contributed by atoms with van der Waals surface area (Å²) in [5.41, 5.74) is 3.43. The van der Waals surface area contributed by atoms with Gasteiger partial charge in [0.05, 0.1) is 5.69 Å². The van der Waals surface area contributed by atoms with Crippen molar-refractivity contribution in [1.29, 1.82) is 0 Å². The molecule has 2 aromatic heterocycles. The van der Waals surface area contributed by atoms with Crippen LogP contribution in [-0.4, -0.2) is 19.3 Å². The lowest BCUT2D eigenvalue weighted by Crippen LogP contribution is -2.22. The molecule has 0 amide bonds. The number of rotatable bonds is 4. The maximum absolute atomic E-state index is 5.65. The van der Waals surface area contributed by atoms with Crippen molar-refractivity contribution in [3.8, 4) is 0 Å². The Labute approximate surface area is 131 Å². The third-order valence-corrected chi connectivity index (χ3v) is 5.35. The first-order valence-electron chi connectivity index (χ1n) is 8.33. The molecule has 1 aliphatic carbocycles. The largest absolute Gasteiger partial charge is 0.328 e. The van der Waals surface area contributed by atoms with E-state index in [1.807, 2.05) is 11.7 Å². The zero-order valence-electron chi connectivity index (χ0n) is 13.4. The molecule has 5 heteroatoms. The van der Waals surface area contributed by atoms with E-state index in [1.165, 1.54) is 37.8 Å². The summed E-state index contributed by atoms with van der Waals surface area (Å²) >= 11 is 5.65. The first-order chi connectivity index (χ1) is 10.2. The van der Waals surface area contributed by atoms with Crippen molar-refractivity contribution in [3.63, 3.8) is 0 Å². The molecule has 0 spiro atoms. The highest BCUT2D eigenvalue weighted by Gasteiger charge is 2.27. The zero-order chi connectivity index (χ0) is 15.0. The van der Waals surface area contributed by atoms with E-state index in [1.54, 1.807) is 0 Å². The molecule has 3 rings (SSSR count). The summed E-state index contributed by atoms with van der Waals surface area (Å²) < 4.78 is 5.23. The van der Waals surface area contributed by atoms with E-state index < -0.39 is 0 Å². The van der Waals surface area contributed by atoms with Gasteiger partial charge in [-0.15, -0.1) is 0 Å². The molecule has 1 aliphatic rings. The van der Waals surface area contributed by atoms with Gasteiger partial charge in [-0.3, -0.25) is 9.25 Å². The van der Waals surface area contributed by atoms with Crippen LogP contribution < -0.4 is 0 Å². The fourth-order valence-corrected chi connectivity index (χ4v) is 4.36. The third-order valence-electron chi connectivity index (χ3n) is 5.05. The molecule has 116 valence electrons. The van der Waals surface area contributed by atoms with Crippen molar-refractivity contribution in [1.82, 2.24) is 19.3 Å². The molecule has 4 nitrogen and oxygen atoms in total. The molecule has 1 atom stereocenters. The van der Waals surface area contributed by atoms with E-state index in [0.29, 0.717) is 6.04 Å². The van der Waals surface area contributed by atoms with Crippen LogP contribution in [-0.2, 0) is 13.5 Å². The summed E-state index contributed by atoms with van der Waals surface area (Å²) in [5, 5.41) is 4.65. The van der Waals surface area contributed by atoms with Gasteiger partial charge in [-0.25, -0.2) is 0 Å². The quantitative estimate of drug-likeness (QED) is 0.843. The highest BCUT2D eigenvalue weighted by Crippen LogP contribution is 2.37. The Morgan fingerprint density at radius 3 is 2.62 bits per heavy atom. The Bertz CT molecular complexity index is 672. The normalized spacial score (nSPS) is 18.4. The summed E-state index contributed by atoms with van der Waals surface area (Å²) in [5.74, 6) is 0.759. The van der Waals surface area contributed by atoms with E-state index in [4.69, 9.17) is 12.2 Å². The predicted octanol–water partition coefficient (Wildman–Crippen LogP) is 4.53. The third kappa shape index (κ3) is 2.45. The molecule has 1 unspecified atom stereocenters. The predicted molar refractivity (Wildman–Crippen MR) is 89.2 cm³/mol. The van der Waals surface area contributed by atoms with Gasteiger partial charge in [-0.1, -0.05) is 33.1 Å². The van der Waals surface area contributed by atoms with Crippen molar-refractivity contribution in [2.75, 3.05) is 0 Å². The Kier molecular flexibility index (Phi) is 4.20. The second-order valence-electron chi connectivity index (χ2n) is 6.30. The summed E-state index contributed by atoms with van der Waals surface area (Å²) in [4.78, 5) is 3.42. The Balaban J connectivity index is 2.11. The maximum atomic E-state index is 5.65. The van der Waals surface area contributed by atoms with Crippen molar-refractivity contribution >= 4 is 23.4 Å². The number of imidazole rings is 1. The first-order valence-corrected chi connectivity index (χ1v) is 8.74. The monoisotopic (exact) mass is 306 g/mol. The van der Waals surface area contributed by atoms with Gasteiger partial charge >= 0.3 is 0 Å². The summed E-state index contributed by atoms with van der Waals surface area (Å²) in [6.45, 7) is 4.44. The smallest absolute Gasteiger partial charge is 0.179 e. The second kappa shape index (κ2) is 5.95. The van der Waals surface area contributed by atoms with E-state index in [0.717, 1.165) is 34.7 Å². The highest BCUT2D eigenvalue weighted by atomic mass is 32.1. The van der Waals surface area contributed by atoms with Crippen LogP contribution >= 0.6 is 12.2 Å². The van der Waals surface area contributed by atoms with E-state index >= 15 is 0 Å². The topological polar surface area (TPSA) is 38.5 Å². The Morgan fingerprint density at radius 1 is 1.29 bits per heavy atom. The average Bonchev–Trinajstić information content (AvgIpc) is 2.99. The van der Waals surface area contributed by atoms with Gasteiger partial charge in [0, 0.05) is 13.1 Å². The van der Waals surface area contributed by atoms with Gasteiger partial charge in [0.25, 0.3) is 0 Å². The zero-order valence-corrected chi connectivity index (χ0v) is 14.2. The molecule has 2 heterocycles. The number of nitrogens with zero attached hydrogens (tertiary/aromatic N) is 3. The molecule has 1 saturated carbocycles. The molecular weight excluding hydrogens is 280 g/mol. The molecule has 1 N–H and O–H groups in total. The maximum Gasteiger partial charge on any atom is 0.179 e. The molecule has 0 aromatic carbocycles. The fraction of sp³-hybridized carbons (Fsp3) is 0.750. The number of aromatic amines is 1.